The van der Waals surface area contributed by atoms with Gasteiger partial charge < -0.3 is 16.4 Å². The summed E-state index contributed by atoms with van der Waals surface area (Å²) in [5.41, 5.74) is 7.07. The van der Waals surface area contributed by atoms with E-state index in [2.05, 4.69) is 17.6 Å². The van der Waals surface area contributed by atoms with Crippen LogP contribution >= 0.6 is 0 Å². The summed E-state index contributed by atoms with van der Waals surface area (Å²) in [5.74, 6) is 1.62. The fourth-order valence-electron chi connectivity index (χ4n) is 2.95. The highest BCUT2D eigenvalue weighted by atomic mass is 16.2. The number of carbonyl (C=O) groups is 1. The largest absolute Gasteiger partial charge is 0.399 e. The Balaban J connectivity index is 1.66. The van der Waals surface area contributed by atoms with E-state index >= 15 is 0 Å². The van der Waals surface area contributed by atoms with Gasteiger partial charge in [0, 0.05) is 17.9 Å². The van der Waals surface area contributed by atoms with Crippen LogP contribution in [0.5, 0.6) is 0 Å². The zero-order valence-electron chi connectivity index (χ0n) is 12.2. The number of hydrogen-bond donors (Lipinski definition) is 3. The maximum Gasteiger partial charge on any atom is 0.319 e. The van der Waals surface area contributed by atoms with Crippen LogP contribution in [0.1, 0.15) is 39.0 Å². The maximum absolute atomic E-state index is 11.7. The molecule has 2 atom stereocenters. The number of nitrogens with one attached hydrogen (secondary N) is 2. The normalized spacial score (nSPS) is 22.2. The smallest absolute Gasteiger partial charge is 0.319 e. The Morgan fingerprint density at radius 1 is 1.30 bits per heavy atom. The summed E-state index contributed by atoms with van der Waals surface area (Å²) in [7, 11) is 0. The highest BCUT2D eigenvalue weighted by molar-refractivity contribution is 5.89. The first-order valence-electron chi connectivity index (χ1n) is 7.54. The fraction of sp³-hybridized carbons (Fsp3) is 0.562. The van der Waals surface area contributed by atoms with Crippen LogP contribution in [0.2, 0.25) is 0 Å². The Labute approximate surface area is 121 Å². The minimum Gasteiger partial charge on any atom is -0.399 e. The van der Waals surface area contributed by atoms with E-state index in [0.717, 1.165) is 30.5 Å². The second-order valence-corrected chi connectivity index (χ2v) is 5.93. The van der Waals surface area contributed by atoms with Gasteiger partial charge in [0.25, 0.3) is 0 Å². The number of carbonyl (C=O) groups excluding carboxylic acids is 1. The van der Waals surface area contributed by atoms with Crippen LogP contribution in [-0.4, -0.2) is 12.6 Å². The molecule has 1 aromatic carbocycles. The molecule has 1 aliphatic rings. The van der Waals surface area contributed by atoms with Crippen LogP contribution in [0.15, 0.2) is 24.3 Å². The second-order valence-electron chi connectivity index (χ2n) is 5.93. The van der Waals surface area contributed by atoms with Gasteiger partial charge in [0.2, 0.25) is 0 Å². The lowest BCUT2D eigenvalue weighted by Crippen LogP contribution is -2.31. The predicted octanol–water partition coefficient (Wildman–Crippen LogP) is 3.61. The van der Waals surface area contributed by atoms with Crippen molar-refractivity contribution in [3.05, 3.63) is 24.3 Å². The molecule has 4 N–H and O–H groups in total. The van der Waals surface area contributed by atoms with Gasteiger partial charge in [0.05, 0.1) is 0 Å². The summed E-state index contributed by atoms with van der Waals surface area (Å²) in [6.45, 7) is 3.07. The summed E-state index contributed by atoms with van der Waals surface area (Å²) in [6, 6.07) is 7.02. The molecule has 0 radical (unpaired) electrons. The van der Waals surface area contributed by atoms with Gasteiger partial charge in [-0.1, -0.05) is 26.2 Å². The molecule has 1 aliphatic carbocycles. The lowest BCUT2D eigenvalue weighted by atomic mass is 9.81. The zero-order chi connectivity index (χ0) is 14.4. The molecule has 1 aromatic rings. The molecule has 0 aromatic heterocycles. The molecule has 0 aliphatic heterocycles. The first-order chi connectivity index (χ1) is 9.63. The van der Waals surface area contributed by atoms with Crippen molar-refractivity contribution in [2.45, 2.75) is 39.0 Å². The summed E-state index contributed by atoms with van der Waals surface area (Å²) in [6.07, 6.45) is 6.40. The van der Waals surface area contributed by atoms with Gasteiger partial charge in [0.15, 0.2) is 0 Å². The number of rotatable bonds is 4. The standard InChI is InChI=1S/C16H25N3O/c1-12-3-2-4-13(11-12)9-10-18-16(20)19-15-7-5-14(17)6-8-15/h5-8,12-13H,2-4,9-11,17H2,1H3,(H2,18,19,20). The number of nitrogens with two attached hydrogens (primary N) is 1. The molecular formula is C16H25N3O. The lowest BCUT2D eigenvalue weighted by Gasteiger charge is -2.26. The molecule has 4 heteroatoms. The highest BCUT2D eigenvalue weighted by Crippen LogP contribution is 2.30. The van der Waals surface area contributed by atoms with E-state index in [4.69, 9.17) is 5.73 Å². The van der Waals surface area contributed by atoms with E-state index in [1.54, 1.807) is 24.3 Å². The van der Waals surface area contributed by atoms with E-state index in [-0.39, 0.29) is 6.03 Å². The molecule has 0 saturated heterocycles. The molecule has 0 bridgehead atoms. The average molecular weight is 275 g/mol. The van der Waals surface area contributed by atoms with Crippen molar-refractivity contribution in [2.75, 3.05) is 17.6 Å². The van der Waals surface area contributed by atoms with Gasteiger partial charge in [-0.2, -0.15) is 0 Å². The zero-order valence-corrected chi connectivity index (χ0v) is 12.2. The van der Waals surface area contributed by atoms with Crippen LogP contribution in [0.25, 0.3) is 0 Å². The molecule has 4 nitrogen and oxygen atoms in total. The first kappa shape index (κ1) is 14.7. The molecule has 0 spiro atoms. The Bertz CT molecular complexity index is 430. The highest BCUT2D eigenvalue weighted by Gasteiger charge is 2.18. The minimum absolute atomic E-state index is 0.140. The number of anilines is 2. The molecule has 2 rings (SSSR count). The molecule has 2 unspecified atom stereocenters. The topological polar surface area (TPSA) is 67.2 Å². The van der Waals surface area contributed by atoms with E-state index in [9.17, 15) is 4.79 Å². The van der Waals surface area contributed by atoms with E-state index in [0.29, 0.717) is 5.69 Å². The third kappa shape index (κ3) is 4.76. The lowest BCUT2D eigenvalue weighted by molar-refractivity contribution is 0.245. The Morgan fingerprint density at radius 3 is 2.75 bits per heavy atom. The van der Waals surface area contributed by atoms with Crippen LogP contribution in [0, 0.1) is 11.8 Å². The molecule has 0 heterocycles. The van der Waals surface area contributed by atoms with Crippen molar-refractivity contribution in [1.29, 1.82) is 0 Å². The molecule has 110 valence electrons. The molecular weight excluding hydrogens is 250 g/mol. The predicted molar refractivity (Wildman–Crippen MR) is 83.6 cm³/mol. The average Bonchev–Trinajstić information content (AvgIpc) is 2.41. The van der Waals surface area contributed by atoms with Gasteiger partial charge in [-0.3, -0.25) is 0 Å². The van der Waals surface area contributed by atoms with Crippen molar-refractivity contribution < 1.29 is 4.79 Å². The van der Waals surface area contributed by atoms with Gasteiger partial charge in [-0.05, 0) is 48.9 Å². The van der Waals surface area contributed by atoms with Crippen molar-refractivity contribution >= 4 is 17.4 Å². The fourth-order valence-corrected chi connectivity index (χ4v) is 2.95. The van der Waals surface area contributed by atoms with Crippen LogP contribution < -0.4 is 16.4 Å². The number of benzene rings is 1. The minimum atomic E-state index is -0.140. The van der Waals surface area contributed by atoms with Crippen LogP contribution in [0.4, 0.5) is 16.2 Å². The quantitative estimate of drug-likeness (QED) is 0.735. The SMILES string of the molecule is CC1CCCC(CCNC(=O)Nc2ccc(N)cc2)C1. The Morgan fingerprint density at radius 2 is 2.05 bits per heavy atom. The third-order valence-corrected chi connectivity index (χ3v) is 4.05. The first-order valence-corrected chi connectivity index (χ1v) is 7.54. The van der Waals surface area contributed by atoms with E-state index in [1.807, 2.05) is 0 Å². The van der Waals surface area contributed by atoms with Crippen LogP contribution in [-0.2, 0) is 0 Å². The van der Waals surface area contributed by atoms with Gasteiger partial charge in [-0.15, -0.1) is 0 Å². The monoisotopic (exact) mass is 275 g/mol. The maximum atomic E-state index is 11.7. The number of amides is 2. The molecule has 20 heavy (non-hydrogen) atoms. The summed E-state index contributed by atoms with van der Waals surface area (Å²) in [4.78, 5) is 11.7. The van der Waals surface area contributed by atoms with Gasteiger partial charge in [0.1, 0.15) is 0 Å². The Kier molecular flexibility index (Phi) is 5.27. The summed E-state index contributed by atoms with van der Waals surface area (Å²) in [5, 5.41) is 5.74. The second kappa shape index (κ2) is 7.17. The van der Waals surface area contributed by atoms with Crippen LogP contribution in [0.3, 0.4) is 0 Å². The molecule has 1 saturated carbocycles. The summed E-state index contributed by atoms with van der Waals surface area (Å²) < 4.78 is 0. The Hall–Kier alpha value is -1.71. The summed E-state index contributed by atoms with van der Waals surface area (Å²) >= 11 is 0. The number of hydrogen-bond acceptors (Lipinski definition) is 2. The van der Waals surface area contributed by atoms with Crippen molar-refractivity contribution in [3.8, 4) is 0 Å². The van der Waals surface area contributed by atoms with Crippen molar-refractivity contribution in [1.82, 2.24) is 5.32 Å². The van der Waals surface area contributed by atoms with Crippen molar-refractivity contribution in [3.63, 3.8) is 0 Å². The number of nitrogen functional groups attached to an aromatic ring is 1. The van der Waals surface area contributed by atoms with Crippen molar-refractivity contribution in [2.24, 2.45) is 11.8 Å². The van der Waals surface area contributed by atoms with Gasteiger partial charge in [-0.25, -0.2) is 4.79 Å². The van der Waals surface area contributed by atoms with Gasteiger partial charge >= 0.3 is 6.03 Å². The van der Waals surface area contributed by atoms with E-state index in [1.165, 1.54) is 25.7 Å². The third-order valence-electron chi connectivity index (χ3n) is 4.05. The number of urea groups is 1. The van der Waals surface area contributed by atoms with E-state index < -0.39 is 0 Å². The molecule has 1 fully saturated rings. The molecule has 2 amide bonds.